The number of Topliss-reactive ketones (excluding diaryl/α,β-unsaturated/α-hetero) is 1. The van der Waals surface area contributed by atoms with Gasteiger partial charge in [0.15, 0.2) is 12.4 Å². The lowest BCUT2D eigenvalue weighted by molar-refractivity contribution is -0.167. The van der Waals surface area contributed by atoms with Crippen LogP contribution in [0.5, 0.6) is 0 Å². The number of carbonyl (C=O) groups excluding carboxylic acids is 3. The van der Waals surface area contributed by atoms with Crippen molar-refractivity contribution in [3.8, 4) is 0 Å². The van der Waals surface area contributed by atoms with Crippen LogP contribution in [0.2, 0.25) is 0 Å². The molecule has 29 heavy (non-hydrogen) atoms. The molecule has 0 radical (unpaired) electrons. The second-order valence-electron chi connectivity index (χ2n) is 10.1. The van der Waals surface area contributed by atoms with E-state index in [0.717, 1.165) is 25.7 Å². The van der Waals surface area contributed by atoms with Crippen LogP contribution in [0.4, 0.5) is 0 Å². The van der Waals surface area contributed by atoms with Crippen LogP contribution in [0.25, 0.3) is 0 Å². The Balaban J connectivity index is 1.70. The van der Waals surface area contributed by atoms with Crippen molar-refractivity contribution < 1.29 is 24.2 Å². The molecule has 5 nitrogen and oxygen atoms in total. The van der Waals surface area contributed by atoms with Crippen LogP contribution in [-0.2, 0) is 19.1 Å². The minimum atomic E-state index is -1.49. The Labute approximate surface area is 172 Å². The zero-order chi connectivity index (χ0) is 21.2. The van der Waals surface area contributed by atoms with Gasteiger partial charge in [-0.2, -0.15) is 0 Å². The van der Waals surface area contributed by atoms with Crippen molar-refractivity contribution in [2.24, 2.45) is 28.6 Å². The SMILES string of the molecule is CC(=O)OCC(=O)[C@@]1(O)[C@H](C)CC2C3CCC4=CC(=O)CCC4(C)C3=CCC21C. The first-order valence-electron chi connectivity index (χ1n) is 10.9. The molecule has 2 saturated carbocycles. The number of ketones is 2. The van der Waals surface area contributed by atoms with Crippen LogP contribution in [0.3, 0.4) is 0 Å². The molecule has 4 rings (SSSR count). The quantitative estimate of drug-likeness (QED) is 0.579. The Morgan fingerprint density at radius 3 is 2.69 bits per heavy atom. The van der Waals surface area contributed by atoms with E-state index in [-0.39, 0.29) is 35.4 Å². The highest BCUT2D eigenvalue weighted by molar-refractivity contribution is 5.92. The Morgan fingerprint density at radius 1 is 1.28 bits per heavy atom. The standard InChI is InChI=1S/C24H32O5/c1-14-11-20-18-6-5-16-12-17(26)7-9-22(16,3)19(18)8-10-23(20,4)24(14,28)21(27)13-29-15(2)25/h8,12,14,18,20,28H,5-7,9-11,13H2,1-4H3/t14-,18?,20?,22?,23?,24+/m1/s1. The van der Waals surface area contributed by atoms with Gasteiger partial charge in [-0.3, -0.25) is 14.4 Å². The van der Waals surface area contributed by atoms with E-state index >= 15 is 0 Å². The molecule has 0 aromatic rings. The molecule has 4 aliphatic rings. The van der Waals surface area contributed by atoms with E-state index in [1.165, 1.54) is 18.1 Å². The summed E-state index contributed by atoms with van der Waals surface area (Å²) in [7, 11) is 0. The molecule has 1 N–H and O–H groups in total. The van der Waals surface area contributed by atoms with Crippen LogP contribution < -0.4 is 0 Å². The van der Waals surface area contributed by atoms with Crippen LogP contribution in [-0.4, -0.2) is 34.9 Å². The van der Waals surface area contributed by atoms with Gasteiger partial charge in [-0.15, -0.1) is 0 Å². The largest absolute Gasteiger partial charge is 0.458 e. The highest BCUT2D eigenvalue weighted by Gasteiger charge is 2.67. The predicted molar refractivity (Wildman–Crippen MR) is 108 cm³/mol. The molecule has 6 atom stereocenters. The summed E-state index contributed by atoms with van der Waals surface area (Å²) in [5.41, 5.74) is 0.541. The number of hydrogen-bond acceptors (Lipinski definition) is 5. The molecule has 0 bridgehead atoms. The fourth-order valence-corrected chi connectivity index (χ4v) is 7.07. The number of rotatable bonds is 3. The van der Waals surface area contributed by atoms with Crippen molar-refractivity contribution in [1.29, 1.82) is 0 Å². The number of aliphatic hydroxyl groups is 1. The van der Waals surface area contributed by atoms with Crippen LogP contribution >= 0.6 is 0 Å². The second kappa shape index (κ2) is 6.63. The topological polar surface area (TPSA) is 80.7 Å². The van der Waals surface area contributed by atoms with Gasteiger partial charge in [0.2, 0.25) is 5.78 Å². The molecule has 0 aliphatic heterocycles. The van der Waals surface area contributed by atoms with Gasteiger partial charge in [0, 0.05) is 24.2 Å². The first-order chi connectivity index (χ1) is 13.5. The number of hydrogen-bond donors (Lipinski definition) is 1. The van der Waals surface area contributed by atoms with Gasteiger partial charge in [-0.1, -0.05) is 38.0 Å². The maximum atomic E-state index is 13.0. The van der Waals surface area contributed by atoms with E-state index in [1.807, 2.05) is 19.9 Å². The summed E-state index contributed by atoms with van der Waals surface area (Å²) in [5, 5.41) is 11.7. The summed E-state index contributed by atoms with van der Waals surface area (Å²) < 4.78 is 4.95. The summed E-state index contributed by atoms with van der Waals surface area (Å²) in [5.74, 6) is -0.315. The number of allylic oxidation sites excluding steroid dienone is 4. The normalized spacial score (nSPS) is 43.5. The van der Waals surface area contributed by atoms with Crippen molar-refractivity contribution in [3.05, 3.63) is 23.3 Å². The fourth-order valence-electron chi connectivity index (χ4n) is 7.07. The zero-order valence-corrected chi connectivity index (χ0v) is 17.9. The average molecular weight is 401 g/mol. The number of fused-ring (bicyclic) bond motifs is 5. The third kappa shape index (κ3) is 2.73. The van der Waals surface area contributed by atoms with Gasteiger partial charge < -0.3 is 9.84 Å². The minimum absolute atomic E-state index is 0.0656. The Kier molecular flexibility index (Phi) is 4.69. The van der Waals surface area contributed by atoms with E-state index in [4.69, 9.17) is 4.74 Å². The molecule has 5 heteroatoms. The van der Waals surface area contributed by atoms with Crippen LogP contribution in [0, 0.1) is 28.6 Å². The zero-order valence-electron chi connectivity index (χ0n) is 17.9. The smallest absolute Gasteiger partial charge is 0.303 e. The number of carbonyl (C=O) groups is 3. The van der Waals surface area contributed by atoms with Crippen molar-refractivity contribution in [3.63, 3.8) is 0 Å². The van der Waals surface area contributed by atoms with Crippen molar-refractivity contribution in [2.45, 2.75) is 71.8 Å². The molecule has 0 spiro atoms. The maximum absolute atomic E-state index is 13.0. The lowest BCUT2D eigenvalue weighted by Crippen LogP contribution is -2.57. The lowest BCUT2D eigenvalue weighted by atomic mass is 9.50. The molecule has 158 valence electrons. The molecular formula is C24H32O5. The molecular weight excluding hydrogens is 368 g/mol. The highest BCUT2D eigenvalue weighted by Crippen LogP contribution is 2.66. The fraction of sp³-hybridized carbons (Fsp3) is 0.708. The van der Waals surface area contributed by atoms with E-state index in [1.54, 1.807) is 0 Å². The number of ether oxygens (including phenoxy) is 1. The number of esters is 1. The van der Waals surface area contributed by atoms with Crippen LogP contribution in [0.1, 0.15) is 66.2 Å². The predicted octanol–water partition coefficient (Wildman–Crippen LogP) is 3.55. The molecule has 4 unspecified atom stereocenters. The van der Waals surface area contributed by atoms with Crippen molar-refractivity contribution in [1.82, 2.24) is 0 Å². The third-order valence-electron chi connectivity index (χ3n) is 8.75. The molecule has 0 heterocycles. The molecule has 0 aromatic heterocycles. The Morgan fingerprint density at radius 2 is 2.00 bits per heavy atom. The molecule has 0 amide bonds. The molecule has 0 aromatic carbocycles. The second-order valence-corrected chi connectivity index (χ2v) is 10.1. The summed E-state index contributed by atoms with van der Waals surface area (Å²) in [6.07, 6.45) is 8.85. The summed E-state index contributed by atoms with van der Waals surface area (Å²) in [6.45, 7) is 7.16. The van der Waals surface area contributed by atoms with Gasteiger partial charge in [0.1, 0.15) is 5.60 Å². The van der Waals surface area contributed by atoms with E-state index in [0.29, 0.717) is 18.8 Å². The van der Waals surface area contributed by atoms with Gasteiger partial charge in [-0.25, -0.2) is 0 Å². The van der Waals surface area contributed by atoms with Crippen LogP contribution in [0.15, 0.2) is 23.3 Å². The van der Waals surface area contributed by atoms with Crippen molar-refractivity contribution >= 4 is 17.5 Å². The molecule has 2 fully saturated rings. The third-order valence-corrected chi connectivity index (χ3v) is 8.75. The first-order valence-corrected chi connectivity index (χ1v) is 10.9. The van der Waals surface area contributed by atoms with Gasteiger partial charge in [-0.05, 0) is 55.9 Å². The van der Waals surface area contributed by atoms with Crippen molar-refractivity contribution in [2.75, 3.05) is 6.61 Å². The van der Waals surface area contributed by atoms with E-state index in [9.17, 15) is 19.5 Å². The van der Waals surface area contributed by atoms with E-state index in [2.05, 4.69) is 13.0 Å². The highest BCUT2D eigenvalue weighted by atomic mass is 16.5. The maximum Gasteiger partial charge on any atom is 0.303 e. The average Bonchev–Trinajstić information content (AvgIpc) is 2.88. The van der Waals surface area contributed by atoms with Gasteiger partial charge >= 0.3 is 5.97 Å². The van der Waals surface area contributed by atoms with Gasteiger partial charge in [0.05, 0.1) is 0 Å². The molecule has 4 aliphatic carbocycles. The first kappa shape index (κ1) is 20.5. The summed E-state index contributed by atoms with van der Waals surface area (Å²) >= 11 is 0. The Bertz CT molecular complexity index is 838. The summed E-state index contributed by atoms with van der Waals surface area (Å²) in [6, 6.07) is 0. The van der Waals surface area contributed by atoms with Gasteiger partial charge in [0.25, 0.3) is 0 Å². The monoisotopic (exact) mass is 400 g/mol. The molecule has 0 saturated heterocycles. The minimum Gasteiger partial charge on any atom is -0.458 e. The van der Waals surface area contributed by atoms with E-state index < -0.39 is 17.0 Å². The Hall–Kier alpha value is -1.75. The summed E-state index contributed by atoms with van der Waals surface area (Å²) in [4.78, 5) is 36.2. The lowest BCUT2D eigenvalue weighted by Gasteiger charge is -2.54.